The Labute approximate surface area is 150 Å². The standard InChI is InChI=1S/C18H23F3N4O/c1-13-11-14(2)25(24-13)10-6-9-22-17(26)23-16(18(19,20)21)12-15-7-4-3-5-8-15/h3-5,7-8,11,16H,6,9-10,12H2,1-2H3,(H2,22,23,26)/t16-/m1/s1. The third-order valence-corrected chi connectivity index (χ3v) is 3.92. The van der Waals surface area contributed by atoms with E-state index in [1.54, 1.807) is 30.3 Å². The molecule has 1 aromatic carbocycles. The second-order valence-corrected chi connectivity index (χ2v) is 6.19. The fraction of sp³-hybridized carbons (Fsp3) is 0.444. The molecule has 2 N–H and O–H groups in total. The third-order valence-electron chi connectivity index (χ3n) is 3.92. The number of hydrogen-bond acceptors (Lipinski definition) is 2. The van der Waals surface area contributed by atoms with Gasteiger partial charge in [-0.15, -0.1) is 0 Å². The van der Waals surface area contributed by atoms with Gasteiger partial charge in [0.05, 0.1) is 5.69 Å². The highest BCUT2D eigenvalue weighted by Crippen LogP contribution is 2.23. The van der Waals surface area contributed by atoms with Gasteiger partial charge in [0.25, 0.3) is 0 Å². The van der Waals surface area contributed by atoms with Crippen LogP contribution in [0.4, 0.5) is 18.0 Å². The van der Waals surface area contributed by atoms with Crippen LogP contribution in [-0.2, 0) is 13.0 Å². The normalized spacial score (nSPS) is 12.7. The summed E-state index contributed by atoms with van der Waals surface area (Å²) in [7, 11) is 0. The SMILES string of the molecule is Cc1cc(C)n(CCCNC(=O)N[C@H](Cc2ccccc2)C(F)(F)F)n1. The van der Waals surface area contributed by atoms with Crippen LogP contribution >= 0.6 is 0 Å². The topological polar surface area (TPSA) is 59.0 Å². The van der Waals surface area contributed by atoms with Crippen molar-refractivity contribution in [2.75, 3.05) is 6.54 Å². The number of benzene rings is 1. The van der Waals surface area contributed by atoms with Crippen LogP contribution in [0, 0.1) is 13.8 Å². The molecule has 0 spiro atoms. The minimum atomic E-state index is -4.52. The average molecular weight is 368 g/mol. The molecule has 0 saturated heterocycles. The van der Waals surface area contributed by atoms with E-state index in [0.29, 0.717) is 18.5 Å². The van der Waals surface area contributed by atoms with Gasteiger partial charge in [-0.25, -0.2) is 4.79 Å². The van der Waals surface area contributed by atoms with Crippen LogP contribution in [0.5, 0.6) is 0 Å². The highest BCUT2D eigenvalue weighted by Gasteiger charge is 2.40. The number of aryl methyl sites for hydroxylation is 3. The van der Waals surface area contributed by atoms with Gasteiger partial charge >= 0.3 is 12.2 Å². The van der Waals surface area contributed by atoms with Crippen molar-refractivity contribution in [3.63, 3.8) is 0 Å². The van der Waals surface area contributed by atoms with Crippen LogP contribution in [-0.4, -0.2) is 34.6 Å². The van der Waals surface area contributed by atoms with E-state index in [4.69, 9.17) is 0 Å². The maximum Gasteiger partial charge on any atom is 0.408 e. The summed E-state index contributed by atoms with van der Waals surface area (Å²) in [4.78, 5) is 11.8. The van der Waals surface area contributed by atoms with Crippen LogP contribution in [0.2, 0.25) is 0 Å². The van der Waals surface area contributed by atoms with Crippen LogP contribution in [0.15, 0.2) is 36.4 Å². The Kier molecular flexibility index (Phi) is 6.65. The second-order valence-electron chi connectivity index (χ2n) is 6.19. The van der Waals surface area contributed by atoms with Crippen LogP contribution < -0.4 is 10.6 Å². The first kappa shape index (κ1) is 19.8. The monoisotopic (exact) mass is 368 g/mol. The molecule has 2 amide bonds. The predicted octanol–water partition coefficient (Wildman–Crippen LogP) is 3.36. The van der Waals surface area contributed by atoms with Gasteiger partial charge in [-0.05, 0) is 31.9 Å². The maximum atomic E-state index is 13.2. The summed E-state index contributed by atoms with van der Waals surface area (Å²) in [6, 6.07) is 7.47. The van der Waals surface area contributed by atoms with Gasteiger partial charge in [0, 0.05) is 25.2 Å². The van der Waals surface area contributed by atoms with Gasteiger partial charge < -0.3 is 10.6 Å². The lowest BCUT2D eigenvalue weighted by Gasteiger charge is -2.22. The number of carbonyl (C=O) groups excluding carboxylic acids is 1. The Morgan fingerprint density at radius 2 is 1.92 bits per heavy atom. The Morgan fingerprint density at radius 1 is 1.23 bits per heavy atom. The number of aromatic nitrogens is 2. The Morgan fingerprint density at radius 3 is 2.50 bits per heavy atom. The fourth-order valence-electron chi connectivity index (χ4n) is 2.64. The van der Waals surface area contributed by atoms with Crippen molar-refractivity contribution in [3.05, 3.63) is 53.3 Å². The summed E-state index contributed by atoms with van der Waals surface area (Å²) >= 11 is 0. The molecule has 0 radical (unpaired) electrons. The van der Waals surface area contributed by atoms with Crippen LogP contribution in [0.3, 0.4) is 0 Å². The van der Waals surface area contributed by atoms with Crippen molar-refractivity contribution in [3.8, 4) is 0 Å². The van der Waals surface area contributed by atoms with Gasteiger partial charge in [-0.2, -0.15) is 18.3 Å². The molecule has 142 valence electrons. The van der Waals surface area contributed by atoms with Crippen molar-refractivity contribution in [2.24, 2.45) is 0 Å². The number of carbonyl (C=O) groups is 1. The summed E-state index contributed by atoms with van der Waals surface area (Å²) < 4.78 is 41.3. The number of nitrogens with zero attached hydrogens (tertiary/aromatic N) is 2. The molecule has 1 heterocycles. The van der Waals surface area contributed by atoms with Crippen molar-refractivity contribution in [1.29, 1.82) is 0 Å². The molecule has 0 aliphatic rings. The lowest BCUT2D eigenvalue weighted by Crippen LogP contribution is -2.50. The maximum absolute atomic E-state index is 13.2. The van der Waals surface area contributed by atoms with Gasteiger partial charge in [0.2, 0.25) is 0 Å². The van der Waals surface area contributed by atoms with E-state index < -0.39 is 18.2 Å². The Hall–Kier alpha value is -2.51. The minimum absolute atomic E-state index is 0.264. The molecule has 0 bridgehead atoms. The molecule has 2 rings (SSSR count). The first-order valence-electron chi connectivity index (χ1n) is 8.42. The molecular formula is C18H23F3N4O. The zero-order valence-electron chi connectivity index (χ0n) is 14.8. The minimum Gasteiger partial charge on any atom is -0.338 e. The Balaban J connectivity index is 1.80. The highest BCUT2D eigenvalue weighted by molar-refractivity contribution is 5.74. The molecule has 0 aliphatic carbocycles. The molecule has 26 heavy (non-hydrogen) atoms. The summed E-state index contributed by atoms with van der Waals surface area (Å²) in [6.45, 7) is 4.67. The molecular weight excluding hydrogens is 345 g/mol. The lowest BCUT2D eigenvalue weighted by molar-refractivity contribution is -0.152. The summed E-state index contributed by atoms with van der Waals surface area (Å²) in [5.41, 5.74) is 2.42. The van der Waals surface area contributed by atoms with Crippen molar-refractivity contribution in [1.82, 2.24) is 20.4 Å². The fourth-order valence-corrected chi connectivity index (χ4v) is 2.64. The quantitative estimate of drug-likeness (QED) is 0.737. The molecule has 2 aromatic rings. The van der Waals surface area contributed by atoms with Gasteiger partial charge in [0.1, 0.15) is 6.04 Å². The molecule has 0 unspecified atom stereocenters. The number of halogens is 3. The summed E-state index contributed by atoms with van der Waals surface area (Å²) in [5, 5.41) is 8.79. The molecule has 0 fully saturated rings. The zero-order chi connectivity index (χ0) is 19.2. The van der Waals surface area contributed by atoms with Gasteiger partial charge in [-0.1, -0.05) is 30.3 Å². The largest absolute Gasteiger partial charge is 0.408 e. The molecule has 0 aliphatic heterocycles. The van der Waals surface area contributed by atoms with E-state index >= 15 is 0 Å². The first-order valence-corrected chi connectivity index (χ1v) is 8.42. The van der Waals surface area contributed by atoms with Gasteiger partial charge in [-0.3, -0.25) is 4.68 Å². The predicted molar refractivity (Wildman–Crippen MR) is 92.8 cm³/mol. The summed E-state index contributed by atoms with van der Waals surface area (Å²) in [5.74, 6) is 0. The molecule has 1 atom stereocenters. The highest BCUT2D eigenvalue weighted by atomic mass is 19.4. The molecule has 1 aromatic heterocycles. The first-order chi connectivity index (χ1) is 12.3. The third kappa shape index (κ3) is 6.09. The smallest absolute Gasteiger partial charge is 0.338 e. The number of alkyl halides is 3. The van der Waals surface area contributed by atoms with E-state index in [2.05, 4.69) is 10.4 Å². The van der Waals surface area contributed by atoms with Crippen molar-refractivity contribution < 1.29 is 18.0 Å². The second kappa shape index (κ2) is 8.73. The Bertz CT molecular complexity index is 713. The number of amides is 2. The number of urea groups is 1. The van der Waals surface area contributed by atoms with Crippen molar-refractivity contribution >= 4 is 6.03 Å². The summed E-state index contributed by atoms with van der Waals surface area (Å²) in [6.07, 6.45) is -4.24. The number of nitrogens with one attached hydrogen (secondary N) is 2. The van der Waals surface area contributed by atoms with E-state index in [1.807, 2.05) is 29.9 Å². The lowest BCUT2D eigenvalue weighted by atomic mass is 10.1. The van der Waals surface area contributed by atoms with Gasteiger partial charge in [0.15, 0.2) is 0 Å². The van der Waals surface area contributed by atoms with E-state index in [0.717, 1.165) is 11.4 Å². The van der Waals surface area contributed by atoms with Crippen LogP contribution in [0.25, 0.3) is 0 Å². The average Bonchev–Trinajstić information content (AvgIpc) is 2.89. The number of rotatable bonds is 7. The van der Waals surface area contributed by atoms with E-state index in [9.17, 15) is 18.0 Å². The molecule has 5 nitrogen and oxygen atoms in total. The zero-order valence-corrected chi connectivity index (χ0v) is 14.8. The molecule has 0 saturated carbocycles. The van der Waals surface area contributed by atoms with Crippen molar-refractivity contribution in [2.45, 2.75) is 45.5 Å². The van der Waals surface area contributed by atoms with E-state index in [-0.39, 0.29) is 13.0 Å². The van der Waals surface area contributed by atoms with Crippen LogP contribution in [0.1, 0.15) is 23.4 Å². The molecule has 8 heteroatoms. The van der Waals surface area contributed by atoms with E-state index in [1.165, 1.54) is 0 Å². The number of hydrogen-bond donors (Lipinski definition) is 2.